The van der Waals surface area contributed by atoms with Crippen molar-refractivity contribution in [3.05, 3.63) is 24.3 Å². The van der Waals surface area contributed by atoms with E-state index >= 15 is 0 Å². The molecule has 0 aromatic rings. The Balaban J connectivity index is 0.00000172. The van der Waals surface area contributed by atoms with Crippen molar-refractivity contribution in [3.63, 3.8) is 0 Å². The molecule has 0 radical (unpaired) electrons. The van der Waals surface area contributed by atoms with E-state index in [1.165, 1.54) is 0 Å². The number of nitrogens with two attached hydrogens (primary N) is 1. The maximum absolute atomic E-state index is 10.6. The number of hydrogen-bond donors (Lipinski definition) is 4. The number of aliphatic hydroxyl groups is 2. The molecular formula is C23H42ClNO6S. The highest BCUT2D eigenvalue weighted by Gasteiger charge is 2.39. The van der Waals surface area contributed by atoms with Crippen LogP contribution < -0.4 is 5.14 Å². The molecule has 0 spiro atoms. The maximum atomic E-state index is 10.6. The highest BCUT2D eigenvalue weighted by atomic mass is 35.5. The molecular weight excluding hydrogens is 454 g/mol. The number of alkyl halides is 1. The van der Waals surface area contributed by atoms with Gasteiger partial charge in [0, 0.05) is 17.7 Å². The van der Waals surface area contributed by atoms with Crippen LogP contribution in [0.4, 0.5) is 0 Å². The van der Waals surface area contributed by atoms with Crippen LogP contribution in [0.15, 0.2) is 24.3 Å². The molecule has 0 unspecified atom stereocenters. The minimum Gasteiger partial charge on any atom is -0.481 e. The molecule has 1 fully saturated rings. The molecule has 0 heterocycles. The van der Waals surface area contributed by atoms with Crippen LogP contribution in [0.5, 0.6) is 0 Å². The fourth-order valence-electron chi connectivity index (χ4n) is 3.68. The zero-order valence-corrected chi connectivity index (χ0v) is 21.4. The van der Waals surface area contributed by atoms with Gasteiger partial charge in [-0.1, -0.05) is 57.9 Å². The van der Waals surface area contributed by atoms with Gasteiger partial charge in [-0.2, -0.15) is 0 Å². The first kappa shape index (κ1) is 31.1. The summed E-state index contributed by atoms with van der Waals surface area (Å²) in [6.45, 7) is 6.29. The predicted octanol–water partition coefficient (Wildman–Crippen LogP) is 3.83. The average Bonchev–Trinajstić information content (AvgIpc) is 2.91. The fourth-order valence-corrected chi connectivity index (χ4v) is 4.13. The Bertz CT molecular complexity index is 699. The third kappa shape index (κ3) is 14.3. The van der Waals surface area contributed by atoms with Crippen LogP contribution in [0.3, 0.4) is 0 Å². The number of halogens is 1. The Kier molecular flexibility index (Phi) is 14.6. The van der Waals surface area contributed by atoms with E-state index in [1.807, 2.05) is 24.3 Å². The summed E-state index contributed by atoms with van der Waals surface area (Å²) in [4.78, 5) is 10.5. The molecule has 32 heavy (non-hydrogen) atoms. The summed E-state index contributed by atoms with van der Waals surface area (Å²) in [5, 5.41) is 33.8. The third-order valence-electron chi connectivity index (χ3n) is 5.70. The number of unbranched alkanes of at least 4 members (excludes halogenated alkanes) is 2. The summed E-state index contributed by atoms with van der Waals surface area (Å²) in [5.74, 6) is -0.707. The molecule has 1 aliphatic rings. The van der Waals surface area contributed by atoms with Crippen molar-refractivity contribution in [2.45, 2.75) is 89.7 Å². The lowest BCUT2D eigenvalue weighted by molar-refractivity contribution is -0.137. The number of primary sulfonamides is 1. The lowest BCUT2D eigenvalue weighted by Crippen LogP contribution is -2.28. The van der Waals surface area contributed by atoms with E-state index in [4.69, 9.17) is 16.7 Å². The molecule has 0 amide bonds. The van der Waals surface area contributed by atoms with Crippen molar-refractivity contribution in [2.75, 3.05) is 6.26 Å². The van der Waals surface area contributed by atoms with Crippen molar-refractivity contribution in [1.29, 1.82) is 0 Å². The summed E-state index contributed by atoms with van der Waals surface area (Å²) >= 11 is 6.46. The van der Waals surface area contributed by atoms with E-state index in [1.54, 1.807) is 0 Å². The van der Waals surface area contributed by atoms with Gasteiger partial charge in [0.05, 0.1) is 18.5 Å². The Morgan fingerprint density at radius 3 is 2.41 bits per heavy atom. The molecule has 0 aliphatic heterocycles. The standard InChI is InChI=1S/C22H37ClO4.CH5NO2S/c1-4-5-14-22(2,3)20(25)13-12-17-16(18(23)15-19(17)24)10-8-6-7-9-11-21(26)27;1-5(2,3)4/h6,8,12-13,16-20,24-25H,4-5,7,9-11,14-15H2,1-3H3,(H,26,27);1H3,(H2,2,3,4)/b8-6-,13-12+;/t16-,17-,18-,19-,20-;/m1./s1. The predicted molar refractivity (Wildman–Crippen MR) is 130 cm³/mol. The molecule has 0 aromatic carbocycles. The second-order valence-corrected chi connectivity index (χ2v) is 11.5. The molecule has 1 saturated carbocycles. The van der Waals surface area contributed by atoms with Gasteiger partial charge in [-0.15, -0.1) is 11.6 Å². The second kappa shape index (κ2) is 15.1. The summed E-state index contributed by atoms with van der Waals surface area (Å²) < 4.78 is 18.8. The van der Waals surface area contributed by atoms with Crippen LogP contribution in [-0.2, 0) is 14.8 Å². The van der Waals surface area contributed by atoms with Gasteiger partial charge in [-0.05, 0) is 43.4 Å². The normalized spacial score (nSPS) is 25.1. The van der Waals surface area contributed by atoms with Crippen molar-refractivity contribution >= 4 is 27.6 Å². The van der Waals surface area contributed by atoms with E-state index in [-0.39, 0.29) is 29.0 Å². The second-order valence-electron chi connectivity index (χ2n) is 9.30. The smallest absolute Gasteiger partial charge is 0.303 e. The number of aliphatic carboxylic acids is 1. The topological polar surface area (TPSA) is 138 Å². The van der Waals surface area contributed by atoms with Crippen LogP contribution in [0, 0.1) is 17.3 Å². The molecule has 188 valence electrons. The molecule has 9 heteroatoms. The molecule has 0 aromatic heterocycles. The first-order valence-electron chi connectivity index (χ1n) is 11.2. The zero-order valence-electron chi connectivity index (χ0n) is 19.8. The van der Waals surface area contributed by atoms with Crippen LogP contribution >= 0.6 is 11.6 Å². The molecule has 1 rings (SSSR count). The van der Waals surface area contributed by atoms with Crippen molar-refractivity contribution < 1.29 is 28.5 Å². The SMILES string of the molecule is CCCCC(C)(C)[C@H](O)/C=C/[C@@H]1[C@@H](C/C=C\CCCC(=O)O)[C@H](Cl)C[C@H]1O.CS(N)(=O)=O. The van der Waals surface area contributed by atoms with E-state index in [0.717, 1.165) is 38.4 Å². The summed E-state index contributed by atoms with van der Waals surface area (Å²) in [6, 6.07) is 0. The van der Waals surface area contributed by atoms with Gasteiger partial charge >= 0.3 is 5.97 Å². The first-order chi connectivity index (χ1) is 14.7. The zero-order chi connectivity index (χ0) is 24.9. The number of allylic oxidation sites excluding steroid dienone is 2. The maximum Gasteiger partial charge on any atom is 0.303 e. The highest BCUT2D eigenvalue weighted by molar-refractivity contribution is 7.88. The summed E-state index contributed by atoms with van der Waals surface area (Å²) in [5.41, 5.74) is -0.185. The molecule has 1 aliphatic carbocycles. The van der Waals surface area contributed by atoms with E-state index in [9.17, 15) is 23.4 Å². The van der Waals surface area contributed by atoms with Crippen molar-refractivity contribution in [1.82, 2.24) is 0 Å². The minimum absolute atomic E-state index is 0.0622. The molecule has 0 bridgehead atoms. The van der Waals surface area contributed by atoms with Crippen molar-refractivity contribution in [3.8, 4) is 0 Å². The Hall–Kier alpha value is -0.930. The Morgan fingerprint density at radius 1 is 1.28 bits per heavy atom. The first-order valence-corrected chi connectivity index (χ1v) is 13.6. The van der Waals surface area contributed by atoms with Gasteiger partial charge in [0.2, 0.25) is 10.0 Å². The Labute approximate surface area is 198 Å². The van der Waals surface area contributed by atoms with Gasteiger partial charge in [0.1, 0.15) is 0 Å². The number of rotatable bonds is 12. The summed E-state index contributed by atoms with van der Waals surface area (Å²) in [7, 11) is -3.17. The number of carboxylic acid groups (broad SMARTS) is 1. The highest BCUT2D eigenvalue weighted by Crippen LogP contribution is 2.40. The monoisotopic (exact) mass is 495 g/mol. The van der Waals surface area contributed by atoms with Crippen LogP contribution in [0.25, 0.3) is 0 Å². The number of aliphatic hydroxyl groups excluding tert-OH is 2. The van der Waals surface area contributed by atoms with Gasteiger partial charge in [0.15, 0.2) is 0 Å². The van der Waals surface area contributed by atoms with Crippen molar-refractivity contribution in [2.24, 2.45) is 22.4 Å². The minimum atomic E-state index is -3.17. The molecule has 5 atom stereocenters. The van der Waals surface area contributed by atoms with Crippen LogP contribution in [-0.4, -0.2) is 53.5 Å². The van der Waals surface area contributed by atoms with Crippen LogP contribution in [0.2, 0.25) is 0 Å². The summed E-state index contributed by atoms with van der Waals surface area (Å²) in [6.07, 6.45) is 13.8. The van der Waals surface area contributed by atoms with E-state index < -0.39 is 28.2 Å². The molecule has 7 nitrogen and oxygen atoms in total. The lowest BCUT2D eigenvalue weighted by Gasteiger charge is -2.29. The van der Waals surface area contributed by atoms with Crippen LogP contribution in [0.1, 0.15) is 72.1 Å². The number of hydrogen-bond acceptors (Lipinski definition) is 5. The lowest BCUT2D eigenvalue weighted by atomic mass is 9.80. The van der Waals surface area contributed by atoms with Gasteiger partial charge in [-0.25, -0.2) is 13.6 Å². The molecule has 5 N–H and O–H groups in total. The van der Waals surface area contributed by atoms with Gasteiger partial charge in [-0.3, -0.25) is 4.79 Å². The quantitative estimate of drug-likeness (QED) is 0.184. The fraction of sp³-hybridized carbons (Fsp3) is 0.783. The average molecular weight is 496 g/mol. The number of carbonyl (C=O) groups is 1. The van der Waals surface area contributed by atoms with E-state index in [2.05, 4.69) is 25.9 Å². The number of carboxylic acids is 1. The number of sulfonamides is 1. The largest absolute Gasteiger partial charge is 0.481 e. The van der Waals surface area contributed by atoms with Gasteiger partial charge in [0.25, 0.3) is 0 Å². The Morgan fingerprint density at radius 2 is 1.88 bits per heavy atom. The van der Waals surface area contributed by atoms with Gasteiger partial charge < -0.3 is 15.3 Å². The third-order valence-corrected chi connectivity index (χ3v) is 6.20. The molecule has 0 saturated heterocycles. The van der Waals surface area contributed by atoms with E-state index in [0.29, 0.717) is 12.8 Å².